The van der Waals surface area contributed by atoms with Crippen molar-refractivity contribution in [2.75, 3.05) is 18.1 Å². The monoisotopic (exact) mass is 270 g/mol. The van der Waals surface area contributed by atoms with Gasteiger partial charge in [0.2, 0.25) is 5.91 Å². The predicted octanol–water partition coefficient (Wildman–Crippen LogP) is 1.39. The average molecular weight is 270 g/mol. The number of nitrogens with one attached hydrogen (secondary N) is 1. The van der Waals surface area contributed by atoms with Gasteiger partial charge < -0.3 is 10.4 Å². The number of rotatable bonds is 6. The minimum atomic E-state index is -0.813. The predicted molar refractivity (Wildman–Crippen MR) is 69.1 cm³/mol. The quantitative estimate of drug-likeness (QED) is 0.712. The number of carbonyl (C=O) groups is 2. The SMILES string of the molecule is N#CCSCC(=O)NCC1(C(=O)O)CCCCC1. The number of hydrogen-bond acceptors (Lipinski definition) is 4. The van der Waals surface area contributed by atoms with E-state index in [0.29, 0.717) is 12.8 Å². The van der Waals surface area contributed by atoms with Gasteiger partial charge in [0, 0.05) is 6.54 Å². The van der Waals surface area contributed by atoms with E-state index in [2.05, 4.69) is 5.32 Å². The van der Waals surface area contributed by atoms with E-state index in [4.69, 9.17) is 5.26 Å². The highest BCUT2D eigenvalue weighted by molar-refractivity contribution is 8.00. The first-order chi connectivity index (χ1) is 8.60. The molecule has 18 heavy (non-hydrogen) atoms. The van der Waals surface area contributed by atoms with Crippen molar-refractivity contribution in [3.63, 3.8) is 0 Å². The molecule has 1 rings (SSSR count). The third-order valence-electron chi connectivity index (χ3n) is 3.29. The lowest BCUT2D eigenvalue weighted by atomic mass is 9.74. The summed E-state index contributed by atoms with van der Waals surface area (Å²) in [6.45, 7) is 0.203. The van der Waals surface area contributed by atoms with Crippen LogP contribution >= 0.6 is 11.8 Å². The van der Waals surface area contributed by atoms with Crippen LogP contribution in [0.4, 0.5) is 0 Å². The molecule has 1 fully saturated rings. The Bertz CT molecular complexity index is 346. The maximum Gasteiger partial charge on any atom is 0.311 e. The third kappa shape index (κ3) is 4.22. The van der Waals surface area contributed by atoms with E-state index >= 15 is 0 Å². The first kappa shape index (κ1) is 14.8. The molecule has 1 amide bonds. The van der Waals surface area contributed by atoms with Crippen molar-refractivity contribution in [2.24, 2.45) is 5.41 Å². The molecule has 0 aromatic carbocycles. The molecule has 6 heteroatoms. The Hall–Kier alpha value is -1.22. The molecule has 0 aliphatic heterocycles. The molecule has 100 valence electrons. The van der Waals surface area contributed by atoms with Crippen molar-refractivity contribution >= 4 is 23.6 Å². The summed E-state index contributed by atoms with van der Waals surface area (Å²) in [5.74, 6) is -0.519. The van der Waals surface area contributed by atoms with Crippen LogP contribution in [0.1, 0.15) is 32.1 Å². The number of thioether (sulfide) groups is 1. The zero-order valence-electron chi connectivity index (χ0n) is 10.3. The van der Waals surface area contributed by atoms with Crippen molar-refractivity contribution in [2.45, 2.75) is 32.1 Å². The van der Waals surface area contributed by atoms with Crippen LogP contribution in [0.3, 0.4) is 0 Å². The average Bonchev–Trinajstić information content (AvgIpc) is 2.37. The number of amides is 1. The second kappa shape index (κ2) is 7.27. The normalized spacial score (nSPS) is 17.7. The van der Waals surface area contributed by atoms with Gasteiger partial charge >= 0.3 is 5.97 Å². The van der Waals surface area contributed by atoms with Crippen LogP contribution in [0.2, 0.25) is 0 Å². The molecule has 1 saturated carbocycles. The summed E-state index contributed by atoms with van der Waals surface area (Å²) in [4.78, 5) is 22.8. The summed E-state index contributed by atoms with van der Waals surface area (Å²) >= 11 is 1.23. The zero-order chi connectivity index (χ0) is 13.4. The summed E-state index contributed by atoms with van der Waals surface area (Å²) in [5, 5.41) is 20.3. The van der Waals surface area contributed by atoms with Gasteiger partial charge in [-0.25, -0.2) is 0 Å². The number of nitrogens with zero attached hydrogens (tertiary/aromatic N) is 1. The molecule has 0 aromatic heterocycles. The second-order valence-electron chi connectivity index (χ2n) is 4.57. The van der Waals surface area contributed by atoms with Gasteiger partial charge in [0.1, 0.15) is 0 Å². The molecule has 0 aromatic rings. The fourth-order valence-electron chi connectivity index (χ4n) is 2.20. The molecular formula is C12H18N2O3S. The van der Waals surface area contributed by atoms with Crippen LogP contribution in [0.25, 0.3) is 0 Å². The number of hydrogen-bond donors (Lipinski definition) is 2. The molecule has 0 bridgehead atoms. The van der Waals surface area contributed by atoms with Gasteiger partial charge in [-0.3, -0.25) is 9.59 Å². The molecule has 1 aliphatic carbocycles. The summed E-state index contributed by atoms with van der Waals surface area (Å²) in [5.41, 5.74) is -0.784. The summed E-state index contributed by atoms with van der Waals surface area (Å²) in [6.07, 6.45) is 4.15. The summed E-state index contributed by atoms with van der Waals surface area (Å²) in [7, 11) is 0. The lowest BCUT2D eigenvalue weighted by Gasteiger charge is -2.33. The standard InChI is InChI=1S/C12H18N2O3S/c13-6-7-18-8-10(15)14-9-12(11(16)17)4-2-1-3-5-12/h1-5,7-9H2,(H,14,15)(H,16,17). The molecule has 5 nitrogen and oxygen atoms in total. The lowest BCUT2D eigenvalue weighted by Crippen LogP contribution is -2.44. The summed E-state index contributed by atoms with van der Waals surface area (Å²) in [6, 6.07) is 1.94. The molecule has 0 unspecified atom stereocenters. The van der Waals surface area contributed by atoms with E-state index in [9.17, 15) is 14.7 Å². The Balaban J connectivity index is 2.40. The number of aliphatic carboxylic acids is 1. The Morgan fingerprint density at radius 3 is 2.56 bits per heavy atom. The van der Waals surface area contributed by atoms with Gasteiger partial charge in [-0.05, 0) is 12.8 Å². The van der Waals surface area contributed by atoms with E-state index in [1.807, 2.05) is 6.07 Å². The van der Waals surface area contributed by atoms with Crippen molar-refractivity contribution < 1.29 is 14.7 Å². The number of carboxylic acids is 1. The summed E-state index contributed by atoms with van der Waals surface area (Å²) < 4.78 is 0. The highest BCUT2D eigenvalue weighted by Crippen LogP contribution is 2.35. The molecule has 1 aliphatic rings. The van der Waals surface area contributed by atoms with Crippen LogP contribution in [0.5, 0.6) is 0 Å². The molecule has 0 spiro atoms. The van der Waals surface area contributed by atoms with Crippen LogP contribution in [0, 0.1) is 16.7 Å². The van der Waals surface area contributed by atoms with Gasteiger partial charge in [0.15, 0.2) is 0 Å². The zero-order valence-corrected chi connectivity index (χ0v) is 11.1. The lowest BCUT2D eigenvalue weighted by molar-refractivity contribution is -0.150. The first-order valence-corrected chi connectivity index (χ1v) is 7.21. The number of carboxylic acid groups (broad SMARTS) is 1. The Morgan fingerprint density at radius 2 is 2.00 bits per heavy atom. The van der Waals surface area contributed by atoms with Gasteiger partial charge in [-0.2, -0.15) is 5.26 Å². The van der Waals surface area contributed by atoms with Crippen LogP contribution in [-0.4, -0.2) is 35.0 Å². The molecule has 2 N–H and O–H groups in total. The van der Waals surface area contributed by atoms with Crippen LogP contribution in [0.15, 0.2) is 0 Å². The third-order valence-corrected chi connectivity index (χ3v) is 4.09. The number of nitriles is 1. The molecule has 0 atom stereocenters. The largest absolute Gasteiger partial charge is 0.481 e. The minimum absolute atomic E-state index is 0.193. The molecule has 0 heterocycles. The van der Waals surface area contributed by atoms with Crippen molar-refractivity contribution in [3.8, 4) is 6.07 Å². The maximum atomic E-state index is 11.5. The van der Waals surface area contributed by atoms with Crippen molar-refractivity contribution in [1.82, 2.24) is 5.32 Å². The van der Waals surface area contributed by atoms with Crippen LogP contribution < -0.4 is 5.32 Å². The highest BCUT2D eigenvalue weighted by Gasteiger charge is 2.39. The Morgan fingerprint density at radius 1 is 1.33 bits per heavy atom. The Kier molecular flexibility index (Phi) is 5.99. The Labute approximate surface area is 111 Å². The van der Waals surface area contributed by atoms with E-state index in [1.54, 1.807) is 0 Å². The molecule has 0 saturated heterocycles. The van der Waals surface area contributed by atoms with Gasteiger partial charge in [0.25, 0.3) is 0 Å². The van der Waals surface area contributed by atoms with Crippen molar-refractivity contribution in [1.29, 1.82) is 5.26 Å². The fourth-order valence-corrected chi connectivity index (χ4v) is 2.68. The topological polar surface area (TPSA) is 90.2 Å². The van der Waals surface area contributed by atoms with E-state index in [0.717, 1.165) is 19.3 Å². The smallest absolute Gasteiger partial charge is 0.311 e. The molecule has 0 radical (unpaired) electrons. The fraction of sp³-hybridized carbons (Fsp3) is 0.750. The van der Waals surface area contributed by atoms with Gasteiger partial charge in [-0.15, -0.1) is 11.8 Å². The van der Waals surface area contributed by atoms with E-state index in [-0.39, 0.29) is 24.0 Å². The van der Waals surface area contributed by atoms with E-state index in [1.165, 1.54) is 11.8 Å². The number of carbonyl (C=O) groups excluding carboxylic acids is 1. The maximum absolute atomic E-state index is 11.5. The van der Waals surface area contributed by atoms with Crippen molar-refractivity contribution in [3.05, 3.63) is 0 Å². The first-order valence-electron chi connectivity index (χ1n) is 6.05. The highest BCUT2D eigenvalue weighted by atomic mass is 32.2. The second-order valence-corrected chi connectivity index (χ2v) is 5.56. The van der Waals surface area contributed by atoms with E-state index < -0.39 is 11.4 Å². The minimum Gasteiger partial charge on any atom is -0.481 e. The van der Waals surface area contributed by atoms with Gasteiger partial charge in [-0.1, -0.05) is 19.3 Å². The molecular weight excluding hydrogens is 252 g/mol. The van der Waals surface area contributed by atoms with Crippen LogP contribution in [-0.2, 0) is 9.59 Å². The van der Waals surface area contributed by atoms with Gasteiger partial charge in [0.05, 0.1) is 23.0 Å².